The summed E-state index contributed by atoms with van der Waals surface area (Å²) in [5.74, 6) is 0.560. The fourth-order valence-corrected chi connectivity index (χ4v) is 1.69. The minimum atomic E-state index is 0.367. The highest BCUT2D eigenvalue weighted by molar-refractivity contribution is 4.74. The van der Waals surface area contributed by atoms with Gasteiger partial charge in [0.25, 0.3) is 0 Å². The van der Waals surface area contributed by atoms with E-state index in [1.54, 1.807) is 0 Å². The van der Waals surface area contributed by atoms with Crippen molar-refractivity contribution in [1.29, 1.82) is 0 Å². The molecule has 0 heterocycles. The van der Waals surface area contributed by atoms with Crippen LogP contribution in [0.1, 0.15) is 25.7 Å². The summed E-state index contributed by atoms with van der Waals surface area (Å²) in [5, 5.41) is 8.87. The van der Waals surface area contributed by atoms with Crippen LogP contribution in [0.2, 0.25) is 0 Å². The Kier molecular flexibility index (Phi) is 3.83. The van der Waals surface area contributed by atoms with Crippen molar-refractivity contribution in [2.24, 2.45) is 5.92 Å². The number of hydrazine groups is 1. The predicted octanol–water partition coefficient (Wildman–Crippen LogP) is 0.261. The quantitative estimate of drug-likeness (QED) is 0.516. The van der Waals surface area contributed by atoms with Crippen LogP contribution >= 0.6 is 0 Å². The van der Waals surface area contributed by atoms with E-state index in [0.717, 1.165) is 12.8 Å². The van der Waals surface area contributed by atoms with Gasteiger partial charge in [-0.15, -0.1) is 0 Å². The van der Waals surface area contributed by atoms with E-state index in [-0.39, 0.29) is 0 Å². The smallest absolute Gasteiger partial charge is 0.0459 e. The van der Waals surface area contributed by atoms with Crippen molar-refractivity contribution >= 4 is 0 Å². The third-order valence-corrected chi connectivity index (χ3v) is 2.45. The molecule has 0 saturated heterocycles. The highest BCUT2D eigenvalue weighted by atomic mass is 16.3. The molecule has 0 aromatic rings. The molecule has 0 aromatic heterocycles. The van der Waals surface area contributed by atoms with E-state index >= 15 is 0 Å². The van der Waals surface area contributed by atoms with Gasteiger partial charge in [-0.2, -0.15) is 0 Å². The van der Waals surface area contributed by atoms with Gasteiger partial charge < -0.3 is 5.11 Å². The largest absolute Gasteiger partial charge is 0.396 e. The van der Waals surface area contributed by atoms with Crippen LogP contribution in [0.25, 0.3) is 0 Å². The van der Waals surface area contributed by atoms with Crippen molar-refractivity contribution in [2.45, 2.75) is 31.7 Å². The summed E-state index contributed by atoms with van der Waals surface area (Å²) in [6, 6.07) is 0.614. The molecule has 1 saturated carbocycles. The van der Waals surface area contributed by atoms with Crippen molar-refractivity contribution in [2.75, 3.05) is 13.7 Å². The lowest BCUT2D eigenvalue weighted by molar-refractivity contribution is 0.172. The Morgan fingerprint density at radius 2 is 1.91 bits per heavy atom. The van der Waals surface area contributed by atoms with Crippen LogP contribution in [0.15, 0.2) is 0 Å². The molecule has 0 unspecified atom stereocenters. The van der Waals surface area contributed by atoms with Gasteiger partial charge in [-0.3, -0.25) is 10.9 Å². The van der Waals surface area contributed by atoms with Crippen molar-refractivity contribution in [3.63, 3.8) is 0 Å². The van der Waals surface area contributed by atoms with Gasteiger partial charge in [-0.1, -0.05) is 0 Å². The molecule has 0 spiro atoms. The normalized spacial score (nSPS) is 32.2. The molecule has 0 atom stereocenters. The molecule has 3 heteroatoms. The molecule has 1 fully saturated rings. The average molecular weight is 158 g/mol. The van der Waals surface area contributed by atoms with E-state index in [4.69, 9.17) is 5.11 Å². The van der Waals surface area contributed by atoms with Gasteiger partial charge in [0.05, 0.1) is 0 Å². The van der Waals surface area contributed by atoms with Crippen LogP contribution in [0.5, 0.6) is 0 Å². The number of aliphatic hydroxyl groups is 1. The Morgan fingerprint density at radius 3 is 2.36 bits per heavy atom. The number of aliphatic hydroxyl groups excluding tert-OH is 1. The molecular formula is C8H18N2O. The molecule has 0 aliphatic heterocycles. The van der Waals surface area contributed by atoms with E-state index in [0.29, 0.717) is 18.6 Å². The summed E-state index contributed by atoms with van der Waals surface area (Å²) in [4.78, 5) is 0. The monoisotopic (exact) mass is 158 g/mol. The van der Waals surface area contributed by atoms with Gasteiger partial charge in [-0.25, -0.2) is 0 Å². The van der Waals surface area contributed by atoms with Crippen molar-refractivity contribution in [3.8, 4) is 0 Å². The van der Waals surface area contributed by atoms with E-state index in [1.165, 1.54) is 12.8 Å². The minimum Gasteiger partial charge on any atom is -0.396 e. The number of hydrogen-bond donors (Lipinski definition) is 3. The van der Waals surface area contributed by atoms with Crippen molar-refractivity contribution in [1.82, 2.24) is 10.9 Å². The van der Waals surface area contributed by atoms with Crippen molar-refractivity contribution in [3.05, 3.63) is 0 Å². The number of nitrogens with one attached hydrogen (secondary N) is 2. The molecule has 0 aromatic carbocycles. The summed E-state index contributed by atoms with van der Waals surface area (Å²) in [6.07, 6.45) is 4.70. The molecule has 1 rings (SSSR count). The van der Waals surface area contributed by atoms with Crippen molar-refractivity contribution < 1.29 is 5.11 Å². The maximum Gasteiger partial charge on any atom is 0.0459 e. The molecule has 0 bridgehead atoms. The number of rotatable bonds is 3. The van der Waals surface area contributed by atoms with Crippen LogP contribution in [0.3, 0.4) is 0 Å². The van der Waals surface area contributed by atoms with Gasteiger partial charge in [-0.05, 0) is 38.6 Å². The van der Waals surface area contributed by atoms with Crippen LogP contribution in [0.4, 0.5) is 0 Å². The summed E-state index contributed by atoms with van der Waals surface area (Å²) in [5.41, 5.74) is 6.16. The van der Waals surface area contributed by atoms with E-state index in [1.807, 2.05) is 7.05 Å². The molecule has 0 radical (unpaired) electrons. The van der Waals surface area contributed by atoms with Gasteiger partial charge in [0.2, 0.25) is 0 Å². The molecule has 0 amide bonds. The van der Waals surface area contributed by atoms with Gasteiger partial charge in [0.1, 0.15) is 0 Å². The third-order valence-electron chi connectivity index (χ3n) is 2.45. The highest BCUT2D eigenvalue weighted by Crippen LogP contribution is 2.22. The lowest BCUT2D eigenvalue weighted by Gasteiger charge is -2.27. The molecule has 11 heavy (non-hydrogen) atoms. The third kappa shape index (κ3) is 2.77. The first-order chi connectivity index (χ1) is 5.36. The summed E-state index contributed by atoms with van der Waals surface area (Å²) in [7, 11) is 1.90. The first kappa shape index (κ1) is 8.97. The van der Waals surface area contributed by atoms with Gasteiger partial charge in [0.15, 0.2) is 0 Å². The lowest BCUT2D eigenvalue weighted by atomic mass is 9.87. The second-order valence-electron chi connectivity index (χ2n) is 3.29. The van der Waals surface area contributed by atoms with E-state index in [9.17, 15) is 0 Å². The average Bonchev–Trinajstić information content (AvgIpc) is 2.07. The molecule has 3 N–H and O–H groups in total. The fourth-order valence-electron chi connectivity index (χ4n) is 1.69. The summed E-state index contributed by atoms with van der Waals surface area (Å²) < 4.78 is 0. The number of hydrogen-bond acceptors (Lipinski definition) is 3. The Balaban J connectivity index is 2.14. The Labute approximate surface area is 68.2 Å². The summed E-state index contributed by atoms with van der Waals surface area (Å²) >= 11 is 0. The topological polar surface area (TPSA) is 44.3 Å². The zero-order valence-electron chi connectivity index (χ0n) is 7.14. The zero-order chi connectivity index (χ0) is 8.10. The van der Waals surface area contributed by atoms with E-state index in [2.05, 4.69) is 10.9 Å². The summed E-state index contributed by atoms with van der Waals surface area (Å²) in [6.45, 7) is 0.367. The van der Waals surface area contributed by atoms with Crippen LogP contribution < -0.4 is 10.9 Å². The molecule has 3 nitrogen and oxygen atoms in total. The minimum absolute atomic E-state index is 0.367. The molecular weight excluding hydrogens is 140 g/mol. The first-order valence-corrected chi connectivity index (χ1v) is 4.40. The SMILES string of the molecule is CNNC1CCC(CO)CC1. The molecule has 66 valence electrons. The molecule has 1 aliphatic carbocycles. The van der Waals surface area contributed by atoms with Crippen LogP contribution in [0, 0.1) is 5.92 Å². The second kappa shape index (κ2) is 4.70. The van der Waals surface area contributed by atoms with Crippen LogP contribution in [-0.4, -0.2) is 24.8 Å². The maximum absolute atomic E-state index is 8.87. The zero-order valence-corrected chi connectivity index (χ0v) is 7.14. The van der Waals surface area contributed by atoms with E-state index < -0.39 is 0 Å². The molecule has 1 aliphatic rings. The first-order valence-electron chi connectivity index (χ1n) is 4.40. The Hall–Kier alpha value is -0.120. The lowest BCUT2D eigenvalue weighted by Crippen LogP contribution is -2.40. The van der Waals surface area contributed by atoms with Crippen LogP contribution in [-0.2, 0) is 0 Å². The van der Waals surface area contributed by atoms with Gasteiger partial charge in [0, 0.05) is 12.6 Å². The standard InChI is InChI=1S/C8H18N2O/c1-9-10-8-4-2-7(6-11)3-5-8/h7-11H,2-6H2,1H3. The predicted molar refractivity (Wildman–Crippen MR) is 45.0 cm³/mol. The second-order valence-corrected chi connectivity index (χ2v) is 3.29. The Bertz CT molecular complexity index is 100. The maximum atomic E-state index is 8.87. The highest BCUT2D eigenvalue weighted by Gasteiger charge is 2.19. The van der Waals surface area contributed by atoms with Gasteiger partial charge >= 0.3 is 0 Å². The fraction of sp³-hybridized carbons (Fsp3) is 1.00. The Morgan fingerprint density at radius 1 is 1.27 bits per heavy atom.